The number of esters is 1. The molecular weight excluding hydrogens is 300 g/mol. The summed E-state index contributed by atoms with van der Waals surface area (Å²) in [6.07, 6.45) is 2.99. The molecule has 0 spiro atoms. The summed E-state index contributed by atoms with van der Waals surface area (Å²) in [5, 5.41) is 9.79. The molecule has 0 bridgehead atoms. The van der Waals surface area contributed by atoms with Gasteiger partial charge in [-0.05, 0) is 35.9 Å². The molecule has 1 heterocycles. The number of ether oxygens (including phenoxy) is 1. The summed E-state index contributed by atoms with van der Waals surface area (Å²) in [4.78, 5) is 16.2. The molecule has 2 aromatic carbocycles. The van der Waals surface area contributed by atoms with Crippen LogP contribution in [0.3, 0.4) is 0 Å². The Morgan fingerprint density at radius 3 is 2.67 bits per heavy atom. The van der Waals surface area contributed by atoms with Gasteiger partial charge in [0.2, 0.25) is 0 Å². The lowest BCUT2D eigenvalue weighted by molar-refractivity contribution is -0.138. The maximum atomic E-state index is 11.8. The number of carbonyl (C=O) groups is 1. The number of hydrogen-bond donors (Lipinski definition) is 0. The van der Waals surface area contributed by atoms with Gasteiger partial charge in [0.05, 0.1) is 22.8 Å². The van der Waals surface area contributed by atoms with Crippen molar-refractivity contribution in [3.05, 3.63) is 83.6 Å². The minimum absolute atomic E-state index is 0.167. The first-order valence-electron chi connectivity index (χ1n) is 7.44. The van der Waals surface area contributed by atoms with E-state index in [-0.39, 0.29) is 6.61 Å². The second kappa shape index (κ2) is 7.21. The normalized spacial score (nSPS) is 10.6. The Labute approximate surface area is 139 Å². The summed E-state index contributed by atoms with van der Waals surface area (Å²) < 4.78 is 5.17. The lowest BCUT2D eigenvalue weighted by Gasteiger charge is -2.02. The van der Waals surface area contributed by atoms with Crippen LogP contribution >= 0.6 is 0 Å². The summed E-state index contributed by atoms with van der Waals surface area (Å²) in [5.41, 5.74) is 2.99. The van der Waals surface area contributed by atoms with Crippen LogP contribution < -0.4 is 0 Å². The molecule has 0 aliphatic heterocycles. The quantitative estimate of drug-likeness (QED) is 0.542. The first-order valence-corrected chi connectivity index (χ1v) is 7.44. The Morgan fingerprint density at radius 1 is 1.08 bits per heavy atom. The van der Waals surface area contributed by atoms with Crippen LogP contribution in [0.4, 0.5) is 0 Å². The molecule has 24 heavy (non-hydrogen) atoms. The molecule has 0 saturated carbocycles. The highest BCUT2D eigenvalue weighted by Crippen LogP contribution is 2.12. The van der Waals surface area contributed by atoms with Gasteiger partial charge in [-0.1, -0.05) is 36.4 Å². The van der Waals surface area contributed by atoms with Crippen LogP contribution in [-0.4, -0.2) is 11.0 Å². The predicted octanol–water partition coefficient (Wildman–Crippen LogP) is 3.86. The van der Waals surface area contributed by atoms with Crippen molar-refractivity contribution in [2.75, 3.05) is 0 Å². The van der Waals surface area contributed by atoms with E-state index in [9.17, 15) is 4.79 Å². The number of fused-ring (bicyclic) bond motifs is 1. The molecule has 0 amide bonds. The number of rotatable bonds is 4. The molecule has 3 rings (SSSR count). The van der Waals surface area contributed by atoms with Crippen LogP contribution in [0.5, 0.6) is 0 Å². The summed E-state index contributed by atoms with van der Waals surface area (Å²) >= 11 is 0. The molecule has 116 valence electrons. The van der Waals surface area contributed by atoms with Gasteiger partial charge in [-0.15, -0.1) is 0 Å². The minimum atomic E-state index is -0.436. The zero-order valence-corrected chi connectivity index (χ0v) is 12.8. The second-order valence-corrected chi connectivity index (χ2v) is 5.18. The molecule has 4 nitrogen and oxygen atoms in total. The van der Waals surface area contributed by atoms with Crippen molar-refractivity contribution in [1.29, 1.82) is 5.26 Å². The summed E-state index contributed by atoms with van der Waals surface area (Å²) in [7, 11) is 0. The van der Waals surface area contributed by atoms with E-state index in [1.165, 1.54) is 6.08 Å². The number of aromatic nitrogens is 1. The zero-order valence-electron chi connectivity index (χ0n) is 12.8. The number of carbonyl (C=O) groups excluding carboxylic acids is 1. The zero-order chi connectivity index (χ0) is 16.8. The largest absolute Gasteiger partial charge is 0.458 e. The van der Waals surface area contributed by atoms with E-state index < -0.39 is 5.97 Å². The summed E-state index contributed by atoms with van der Waals surface area (Å²) in [5.74, 6) is -0.436. The SMILES string of the molecule is N#Cc1ccc(COC(=O)/C=C/c2ccc3ccccc3n2)cc1. The van der Waals surface area contributed by atoms with Crippen molar-refractivity contribution < 1.29 is 9.53 Å². The van der Waals surface area contributed by atoms with Gasteiger partial charge in [-0.3, -0.25) is 0 Å². The van der Waals surface area contributed by atoms with Gasteiger partial charge in [-0.2, -0.15) is 5.26 Å². The van der Waals surface area contributed by atoms with E-state index in [1.807, 2.05) is 42.5 Å². The first-order chi connectivity index (χ1) is 11.7. The Balaban J connectivity index is 1.60. The van der Waals surface area contributed by atoms with E-state index in [0.29, 0.717) is 11.3 Å². The first kappa shape index (κ1) is 15.4. The molecule has 1 aromatic heterocycles. The van der Waals surface area contributed by atoms with Gasteiger partial charge in [0.15, 0.2) is 0 Å². The van der Waals surface area contributed by atoms with Crippen LogP contribution in [0.2, 0.25) is 0 Å². The maximum absolute atomic E-state index is 11.8. The maximum Gasteiger partial charge on any atom is 0.331 e. The van der Waals surface area contributed by atoms with Crippen molar-refractivity contribution in [3.8, 4) is 6.07 Å². The lowest BCUT2D eigenvalue weighted by Crippen LogP contribution is -2.00. The number of nitriles is 1. The van der Waals surface area contributed by atoms with Crippen molar-refractivity contribution in [1.82, 2.24) is 4.98 Å². The van der Waals surface area contributed by atoms with Crippen molar-refractivity contribution in [2.45, 2.75) is 6.61 Å². The van der Waals surface area contributed by atoms with E-state index in [4.69, 9.17) is 10.00 Å². The highest BCUT2D eigenvalue weighted by atomic mass is 16.5. The summed E-state index contributed by atoms with van der Waals surface area (Å²) in [6.45, 7) is 0.167. The highest BCUT2D eigenvalue weighted by Gasteiger charge is 2.00. The standard InChI is InChI=1S/C20H14N2O2/c21-13-15-5-7-16(8-6-15)14-24-20(23)12-11-18-10-9-17-3-1-2-4-19(17)22-18/h1-12H,14H2/b12-11+. The molecule has 4 heteroatoms. The Bertz CT molecular complexity index is 938. The molecule has 0 N–H and O–H groups in total. The smallest absolute Gasteiger partial charge is 0.331 e. The van der Waals surface area contributed by atoms with Crippen LogP contribution in [0, 0.1) is 11.3 Å². The van der Waals surface area contributed by atoms with Gasteiger partial charge in [0.1, 0.15) is 6.61 Å². The molecule has 0 radical (unpaired) electrons. The molecule has 0 saturated heterocycles. The fourth-order valence-corrected chi connectivity index (χ4v) is 2.21. The third-order valence-electron chi connectivity index (χ3n) is 3.47. The average molecular weight is 314 g/mol. The number of para-hydroxylation sites is 1. The average Bonchev–Trinajstić information content (AvgIpc) is 2.65. The third-order valence-corrected chi connectivity index (χ3v) is 3.47. The van der Waals surface area contributed by atoms with Gasteiger partial charge in [0, 0.05) is 11.5 Å². The van der Waals surface area contributed by atoms with Crippen LogP contribution in [-0.2, 0) is 16.1 Å². The second-order valence-electron chi connectivity index (χ2n) is 5.18. The fourth-order valence-electron chi connectivity index (χ4n) is 2.21. The molecule has 0 unspecified atom stereocenters. The Hall–Kier alpha value is -3.45. The van der Waals surface area contributed by atoms with Gasteiger partial charge in [0.25, 0.3) is 0 Å². The monoisotopic (exact) mass is 314 g/mol. The van der Waals surface area contributed by atoms with Crippen LogP contribution in [0.1, 0.15) is 16.8 Å². The van der Waals surface area contributed by atoms with Crippen molar-refractivity contribution in [3.63, 3.8) is 0 Å². The van der Waals surface area contributed by atoms with E-state index >= 15 is 0 Å². The number of nitrogens with zero attached hydrogens (tertiary/aromatic N) is 2. The molecule has 0 atom stereocenters. The van der Waals surface area contributed by atoms with Gasteiger partial charge >= 0.3 is 5.97 Å². The van der Waals surface area contributed by atoms with Gasteiger partial charge < -0.3 is 4.74 Å². The Morgan fingerprint density at radius 2 is 1.88 bits per heavy atom. The topological polar surface area (TPSA) is 63.0 Å². The number of hydrogen-bond acceptors (Lipinski definition) is 4. The number of benzene rings is 2. The molecular formula is C20H14N2O2. The predicted molar refractivity (Wildman–Crippen MR) is 91.7 cm³/mol. The lowest BCUT2D eigenvalue weighted by atomic mass is 10.2. The molecule has 0 fully saturated rings. The van der Waals surface area contributed by atoms with E-state index in [2.05, 4.69) is 4.98 Å². The van der Waals surface area contributed by atoms with Gasteiger partial charge in [-0.25, -0.2) is 9.78 Å². The third kappa shape index (κ3) is 3.84. The summed E-state index contributed by atoms with van der Waals surface area (Å²) in [6, 6.07) is 20.6. The minimum Gasteiger partial charge on any atom is -0.458 e. The number of pyridine rings is 1. The fraction of sp³-hybridized carbons (Fsp3) is 0.0500. The van der Waals surface area contributed by atoms with Crippen LogP contribution in [0.15, 0.2) is 66.7 Å². The van der Waals surface area contributed by atoms with Crippen molar-refractivity contribution in [2.24, 2.45) is 0 Å². The van der Waals surface area contributed by atoms with E-state index in [0.717, 1.165) is 16.5 Å². The molecule has 0 aliphatic carbocycles. The Kier molecular flexibility index (Phi) is 4.64. The highest BCUT2D eigenvalue weighted by molar-refractivity contribution is 5.87. The van der Waals surface area contributed by atoms with E-state index in [1.54, 1.807) is 30.3 Å². The van der Waals surface area contributed by atoms with Crippen LogP contribution in [0.25, 0.3) is 17.0 Å². The van der Waals surface area contributed by atoms with Crippen molar-refractivity contribution >= 4 is 22.9 Å². The molecule has 0 aliphatic rings. The molecule has 3 aromatic rings.